The number of aromatic amines is 1. The summed E-state index contributed by atoms with van der Waals surface area (Å²) in [5.41, 5.74) is 0.337. The molecule has 5 heteroatoms. The van der Waals surface area contributed by atoms with Crippen molar-refractivity contribution >= 4 is 5.91 Å². The number of amides is 1. The summed E-state index contributed by atoms with van der Waals surface area (Å²) < 4.78 is 0. The monoisotopic (exact) mass is 289 g/mol. The van der Waals surface area contributed by atoms with Crippen LogP contribution >= 0.6 is 0 Å². The first-order chi connectivity index (χ1) is 10.2. The fourth-order valence-corrected chi connectivity index (χ4v) is 3.50. The first-order valence-electron chi connectivity index (χ1n) is 7.96. The van der Waals surface area contributed by atoms with Crippen molar-refractivity contribution in [1.29, 1.82) is 0 Å². The highest BCUT2D eigenvalue weighted by atomic mass is 16.2. The predicted molar refractivity (Wildman–Crippen MR) is 81.4 cm³/mol. The fraction of sp³-hybridized carbons (Fsp3) is 0.625. The maximum atomic E-state index is 12.1. The molecule has 114 valence electrons. The quantitative estimate of drug-likeness (QED) is 0.886. The molecule has 1 amide bonds. The zero-order chi connectivity index (χ0) is 14.7. The Morgan fingerprint density at radius 1 is 1.14 bits per heavy atom. The van der Waals surface area contributed by atoms with Crippen LogP contribution in [0, 0.1) is 0 Å². The Labute approximate surface area is 124 Å². The molecule has 2 aliphatic rings. The topological polar surface area (TPSA) is 65.2 Å². The Hall–Kier alpha value is -1.62. The minimum absolute atomic E-state index is 0.0921. The highest BCUT2D eigenvalue weighted by Crippen LogP contribution is 2.26. The molecule has 1 saturated heterocycles. The molecule has 21 heavy (non-hydrogen) atoms. The second-order valence-electron chi connectivity index (χ2n) is 6.16. The lowest BCUT2D eigenvalue weighted by molar-refractivity contribution is 0.0892. The minimum atomic E-state index is -0.184. The molecular weight excluding hydrogens is 266 g/mol. The maximum Gasteiger partial charge on any atom is 0.252 e. The van der Waals surface area contributed by atoms with Gasteiger partial charge in [0.2, 0.25) is 5.56 Å². The Morgan fingerprint density at radius 2 is 1.86 bits per heavy atom. The highest BCUT2D eigenvalue weighted by molar-refractivity contribution is 5.93. The van der Waals surface area contributed by atoms with Gasteiger partial charge >= 0.3 is 0 Å². The summed E-state index contributed by atoms with van der Waals surface area (Å²) in [5.74, 6) is -0.0921. The molecule has 2 heterocycles. The van der Waals surface area contributed by atoms with Crippen LogP contribution < -0.4 is 10.9 Å². The molecule has 0 aromatic carbocycles. The van der Waals surface area contributed by atoms with E-state index >= 15 is 0 Å². The van der Waals surface area contributed by atoms with Crippen molar-refractivity contribution in [3.63, 3.8) is 0 Å². The van der Waals surface area contributed by atoms with Gasteiger partial charge in [0, 0.05) is 37.4 Å². The van der Waals surface area contributed by atoms with Crippen molar-refractivity contribution < 1.29 is 4.79 Å². The molecule has 5 nitrogen and oxygen atoms in total. The number of nitrogens with zero attached hydrogens (tertiary/aromatic N) is 1. The van der Waals surface area contributed by atoms with Gasteiger partial charge in [0.05, 0.1) is 5.56 Å². The van der Waals surface area contributed by atoms with Gasteiger partial charge in [-0.3, -0.25) is 9.59 Å². The number of piperidine rings is 1. The molecule has 0 atom stereocenters. The third kappa shape index (κ3) is 3.53. The number of aromatic nitrogens is 1. The summed E-state index contributed by atoms with van der Waals surface area (Å²) in [5, 5.41) is 3.08. The normalized spacial score (nSPS) is 21.5. The molecule has 2 N–H and O–H groups in total. The second-order valence-corrected chi connectivity index (χ2v) is 6.16. The molecule has 0 unspecified atom stereocenters. The summed E-state index contributed by atoms with van der Waals surface area (Å²) in [7, 11) is 0. The van der Waals surface area contributed by atoms with Crippen molar-refractivity contribution in [2.75, 3.05) is 13.1 Å². The van der Waals surface area contributed by atoms with Crippen LogP contribution in [0.4, 0.5) is 0 Å². The van der Waals surface area contributed by atoms with Gasteiger partial charge in [-0.05, 0) is 31.7 Å². The van der Waals surface area contributed by atoms with Crippen LogP contribution in [0.3, 0.4) is 0 Å². The number of rotatable bonds is 3. The van der Waals surface area contributed by atoms with Crippen molar-refractivity contribution in [2.45, 2.75) is 50.6 Å². The molecule has 1 aliphatic heterocycles. The van der Waals surface area contributed by atoms with Crippen LogP contribution in [0.25, 0.3) is 0 Å². The van der Waals surface area contributed by atoms with Gasteiger partial charge in [-0.2, -0.15) is 0 Å². The zero-order valence-electron chi connectivity index (χ0n) is 12.3. The van der Waals surface area contributed by atoms with E-state index in [1.165, 1.54) is 37.9 Å². The van der Waals surface area contributed by atoms with E-state index in [0.29, 0.717) is 5.56 Å². The number of carbonyl (C=O) groups is 1. The van der Waals surface area contributed by atoms with Crippen LogP contribution in [-0.4, -0.2) is 41.0 Å². The summed E-state index contributed by atoms with van der Waals surface area (Å²) in [6.07, 6.45) is 8.94. The number of hydrogen-bond donors (Lipinski definition) is 2. The second kappa shape index (κ2) is 6.43. The lowest BCUT2D eigenvalue weighted by Gasteiger charge is -2.36. The van der Waals surface area contributed by atoms with Crippen LogP contribution in [-0.2, 0) is 0 Å². The fourth-order valence-electron chi connectivity index (χ4n) is 3.50. The van der Waals surface area contributed by atoms with Gasteiger partial charge in [-0.1, -0.05) is 12.8 Å². The van der Waals surface area contributed by atoms with Gasteiger partial charge in [-0.15, -0.1) is 0 Å². The van der Waals surface area contributed by atoms with E-state index in [9.17, 15) is 9.59 Å². The smallest absolute Gasteiger partial charge is 0.252 e. The van der Waals surface area contributed by atoms with Gasteiger partial charge < -0.3 is 15.2 Å². The lowest BCUT2D eigenvalue weighted by atomic mass is 10.0. The summed E-state index contributed by atoms with van der Waals surface area (Å²) in [6.45, 7) is 2.17. The van der Waals surface area contributed by atoms with Crippen molar-refractivity contribution in [3.8, 4) is 0 Å². The Morgan fingerprint density at radius 3 is 2.48 bits per heavy atom. The van der Waals surface area contributed by atoms with E-state index in [1.54, 1.807) is 6.07 Å². The average Bonchev–Trinajstić information content (AvgIpc) is 3.03. The van der Waals surface area contributed by atoms with E-state index < -0.39 is 0 Å². The number of likely N-dealkylation sites (tertiary alicyclic amines) is 1. The van der Waals surface area contributed by atoms with Gasteiger partial charge in [0.1, 0.15) is 0 Å². The van der Waals surface area contributed by atoms with Gasteiger partial charge in [0.15, 0.2) is 0 Å². The third-order valence-corrected chi connectivity index (χ3v) is 4.75. The van der Waals surface area contributed by atoms with Crippen LogP contribution in [0.2, 0.25) is 0 Å². The summed E-state index contributed by atoms with van der Waals surface area (Å²) in [6, 6.07) is 3.99. The molecule has 1 saturated carbocycles. The number of pyridine rings is 1. The van der Waals surface area contributed by atoms with Crippen molar-refractivity contribution in [3.05, 3.63) is 34.2 Å². The maximum absolute atomic E-state index is 12.1. The minimum Gasteiger partial charge on any atom is -0.349 e. The van der Waals surface area contributed by atoms with E-state index in [0.717, 1.165) is 32.0 Å². The number of carbonyl (C=O) groups excluding carboxylic acids is 1. The van der Waals surface area contributed by atoms with Crippen molar-refractivity contribution in [1.82, 2.24) is 15.2 Å². The summed E-state index contributed by atoms with van der Waals surface area (Å²) in [4.78, 5) is 28.2. The first-order valence-corrected chi connectivity index (χ1v) is 7.96. The third-order valence-electron chi connectivity index (χ3n) is 4.75. The van der Waals surface area contributed by atoms with Crippen LogP contribution in [0.15, 0.2) is 23.1 Å². The molecule has 1 aromatic heterocycles. The Balaban J connectivity index is 1.49. The molecule has 0 spiro atoms. The largest absolute Gasteiger partial charge is 0.349 e. The molecular formula is C16H23N3O2. The molecule has 0 radical (unpaired) electrons. The number of hydrogen-bond acceptors (Lipinski definition) is 3. The van der Waals surface area contributed by atoms with Crippen LogP contribution in [0.5, 0.6) is 0 Å². The molecule has 1 aliphatic carbocycles. The number of nitrogens with one attached hydrogen (secondary N) is 2. The zero-order valence-corrected chi connectivity index (χ0v) is 12.3. The van der Waals surface area contributed by atoms with Crippen LogP contribution in [0.1, 0.15) is 48.9 Å². The van der Waals surface area contributed by atoms with E-state index in [4.69, 9.17) is 0 Å². The lowest BCUT2D eigenvalue weighted by Crippen LogP contribution is -2.47. The van der Waals surface area contributed by atoms with E-state index in [1.807, 2.05) is 0 Å². The highest BCUT2D eigenvalue weighted by Gasteiger charge is 2.27. The molecule has 3 rings (SSSR count). The van der Waals surface area contributed by atoms with Crippen molar-refractivity contribution in [2.24, 2.45) is 0 Å². The average molecular weight is 289 g/mol. The number of H-pyrrole nitrogens is 1. The predicted octanol–water partition coefficient (Wildman–Crippen LogP) is 1.51. The Kier molecular flexibility index (Phi) is 4.39. The van der Waals surface area contributed by atoms with E-state index in [2.05, 4.69) is 15.2 Å². The van der Waals surface area contributed by atoms with Gasteiger partial charge in [-0.25, -0.2) is 0 Å². The SMILES string of the molecule is O=C(NC1CCN(C2CCCC2)CC1)c1ccc(=O)[nH]c1. The molecule has 2 fully saturated rings. The molecule has 0 bridgehead atoms. The Bertz CT molecular complexity index is 520. The van der Waals surface area contributed by atoms with E-state index in [-0.39, 0.29) is 17.5 Å². The molecule has 1 aromatic rings. The van der Waals surface area contributed by atoms with Gasteiger partial charge in [0.25, 0.3) is 5.91 Å². The summed E-state index contributed by atoms with van der Waals surface area (Å²) >= 11 is 0. The standard InChI is InChI=1S/C16H23N3O2/c20-15-6-5-12(11-17-15)16(21)18-13-7-9-19(10-8-13)14-3-1-2-4-14/h5-6,11,13-14H,1-4,7-10H2,(H,17,20)(H,18,21). The first kappa shape index (κ1) is 14.3.